The Balaban J connectivity index is 2.45. The molecule has 0 saturated heterocycles. The van der Waals surface area contributed by atoms with Crippen molar-refractivity contribution in [3.05, 3.63) is 35.9 Å². The van der Waals surface area contributed by atoms with Gasteiger partial charge in [0.25, 0.3) is 0 Å². The van der Waals surface area contributed by atoms with Crippen molar-refractivity contribution in [1.29, 1.82) is 0 Å². The lowest BCUT2D eigenvalue weighted by Gasteiger charge is -2.03. The molecule has 2 aromatic heterocycles. The van der Waals surface area contributed by atoms with Crippen LogP contribution in [-0.2, 0) is 13.1 Å². The summed E-state index contributed by atoms with van der Waals surface area (Å²) in [6.07, 6.45) is 5.53. The molecule has 0 spiro atoms. The van der Waals surface area contributed by atoms with Crippen molar-refractivity contribution in [2.75, 3.05) is 0 Å². The van der Waals surface area contributed by atoms with Gasteiger partial charge in [0.05, 0.1) is 6.20 Å². The summed E-state index contributed by atoms with van der Waals surface area (Å²) in [7, 11) is 0. The van der Waals surface area contributed by atoms with Crippen LogP contribution in [0.15, 0.2) is 24.7 Å². The van der Waals surface area contributed by atoms with Gasteiger partial charge in [-0.2, -0.15) is 5.10 Å². The minimum atomic E-state index is 0.516. The van der Waals surface area contributed by atoms with Crippen LogP contribution in [0.1, 0.15) is 18.2 Å². The lowest BCUT2D eigenvalue weighted by Crippen LogP contribution is -1.99. The molecule has 2 aromatic rings. The number of aryl methyl sites for hydroxylation is 1. The summed E-state index contributed by atoms with van der Waals surface area (Å²) >= 11 is 0. The molecular weight excluding hydrogens is 200 g/mol. The van der Waals surface area contributed by atoms with E-state index in [2.05, 4.69) is 30.0 Å². The van der Waals surface area contributed by atoms with Crippen LogP contribution in [0.4, 0.5) is 0 Å². The lowest BCUT2D eigenvalue weighted by molar-refractivity contribution is 0.640. The smallest absolute Gasteiger partial charge is 0.0571 e. The zero-order valence-electron chi connectivity index (χ0n) is 9.64. The van der Waals surface area contributed by atoms with Crippen LogP contribution < -0.4 is 5.73 Å². The molecule has 2 heterocycles. The Hall–Kier alpha value is -1.68. The average Bonchev–Trinajstić information content (AvgIpc) is 2.70. The van der Waals surface area contributed by atoms with Crippen LogP contribution in [0.5, 0.6) is 0 Å². The van der Waals surface area contributed by atoms with E-state index < -0.39 is 0 Å². The zero-order chi connectivity index (χ0) is 11.5. The Morgan fingerprint density at radius 3 is 2.75 bits per heavy atom. The molecule has 4 heteroatoms. The minimum Gasteiger partial charge on any atom is -0.326 e. The molecule has 0 atom stereocenters. The van der Waals surface area contributed by atoms with Crippen LogP contribution in [0.3, 0.4) is 0 Å². The fraction of sp³-hybridized carbons (Fsp3) is 0.333. The molecule has 0 bridgehead atoms. The van der Waals surface area contributed by atoms with Gasteiger partial charge in [0, 0.05) is 42.3 Å². The van der Waals surface area contributed by atoms with Crippen molar-refractivity contribution >= 4 is 0 Å². The number of hydrogen-bond donors (Lipinski definition) is 1. The van der Waals surface area contributed by atoms with Gasteiger partial charge >= 0.3 is 0 Å². The van der Waals surface area contributed by atoms with Gasteiger partial charge in [-0.15, -0.1) is 0 Å². The quantitative estimate of drug-likeness (QED) is 0.850. The van der Waals surface area contributed by atoms with E-state index in [1.54, 1.807) is 6.20 Å². The molecule has 84 valence electrons. The fourth-order valence-corrected chi connectivity index (χ4v) is 1.80. The Bertz CT molecular complexity index is 488. The first-order valence-electron chi connectivity index (χ1n) is 5.43. The molecular formula is C12H16N4. The second-order valence-corrected chi connectivity index (χ2v) is 3.75. The maximum absolute atomic E-state index is 5.61. The summed E-state index contributed by atoms with van der Waals surface area (Å²) < 4.78 is 1.98. The van der Waals surface area contributed by atoms with Crippen LogP contribution in [0.25, 0.3) is 11.1 Å². The van der Waals surface area contributed by atoms with Crippen LogP contribution in [-0.4, -0.2) is 14.8 Å². The van der Waals surface area contributed by atoms with Gasteiger partial charge in [0.2, 0.25) is 0 Å². The van der Waals surface area contributed by atoms with Gasteiger partial charge in [0.15, 0.2) is 0 Å². The predicted octanol–water partition coefficient (Wildman–Crippen LogP) is 1.73. The summed E-state index contributed by atoms with van der Waals surface area (Å²) in [5, 5.41) is 4.32. The van der Waals surface area contributed by atoms with Gasteiger partial charge in [0.1, 0.15) is 0 Å². The normalized spacial score (nSPS) is 10.7. The largest absolute Gasteiger partial charge is 0.326 e. The molecule has 0 aliphatic heterocycles. The molecule has 0 fully saturated rings. The van der Waals surface area contributed by atoms with E-state index in [4.69, 9.17) is 5.73 Å². The van der Waals surface area contributed by atoms with Gasteiger partial charge in [-0.3, -0.25) is 9.67 Å². The van der Waals surface area contributed by atoms with Crippen molar-refractivity contribution in [3.8, 4) is 11.1 Å². The third kappa shape index (κ3) is 1.84. The fourth-order valence-electron chi connectivity index (χ4n) is 1.80. The molecule has 0 unspecified atom stereocenters. The van der Waals surface area contributed by atoms with Crippen LogP contribution >= 0.6 is 0 Å². The SMILES string of the molecule is CCn1ncc(-c2cncc(CN)c2)c1C. The predicted molar refractivity (Wildman–Crippen MR) is 63.8 cm³/mol. The highest BCUT2D eigenvalue weighted by atomic mass is 15.3. The second kappa shape index (κ2) is 4.45. The monoisotopic (exact) mass is 216 g/mol. The highest BCUT2D eigenvalue weighted by Gasteiger charge is 2.08. The molecule has 2 rings (SSSR count). The average molecular weight is 216 g/mol. The Morgan fingerprint density at radius 2 is 2.12 bits per heavy atom. The number of nitrogens with zero attached hydrogens (tertiary/aromatic N) is 3. The van der Waals surface area contributed by atoms with Gasteiger partial charge < -0.3 is 5.73 Å². The molecule has 0 radical (unpaired) electrons. The number of pyridine rings is 1. The van der Waals surface area contributed by atoms with E-state index in [0.717, 1.165) is 23.2 Å². The summed E-state index contributed by atoms with van der Waals surface area (Å²) in [5.41, 5.74) is 10.0. The summed E-state index contributed by atoms with van der Waals surface area (Å²) in [5.74, 6) is 0. The lowest BCUT2D eigenvalue weighted by atomic mass is 10.1. The number of aromatic nitrogens is 3. The molecule has 0 aliphatic carbocycles. The van der Waals surface area contributed by atoms with Crippen LogP contribution in [0.2, 0.25) is 0 Å². The van der Waals surface area contributed by atoms with Crippen molar-refractivity contribution in [2.45, 2.75) is 26.9 Å². The first-order valence-corrected chi connectivity index (χ1v) is 5.43. The third-order valence-corrected chi connectivity index (χ3v) is 2.74. The zero-order valence-corrected chi connectivity index (χ0v) is 9.64. The Morgan fingerprint density at radius 1 is 1.31 bits per heavy atom. The molecule has 0 saturated carbocycles. The first kappa shape index (κ1) is 10.8. The number of rotatable bonds is 3. The van der Waals surface area contributed by atoms with Crippen molar-refractivity contribution in [3.63, 3.8) is 0 Å². The third-order valence-electron chi connectivity index (χ3n) is 2.74. The van der Waals surface area contributed by atoms with E-state index in [0.29, 0.717) is 6.54 Å². The van der Waals surface area contributed by atoms with Crippen LogP contribution in [0, 0.1) is 6.92 Å². The standard InChI is InChI=1S/C12H16N4/c1-3-16-9(2)12(8-15-16)11-4-10(5-13)6-14-7-11/h4,6-8H,3,5,13H2,1-2H3. The van der Waals surface area contributed by atoms with Crippen molar-refractivity contribution < 1.29 is 0 Å². The summed E-state index contributed by atoms with van der Waals surface area (Å²) in [6.45, 7) is 5.55. The van der Waals surface area contributed by atoms with E-state index in [-0.39, 0.29) is 0 Å². The van der Waals surface area contributed by atoms with Gasteiger partial charge in [-0.05, 0) is 25.5 Å². The second-order valence-electron chi connectivity index (χ2n) is 3.75. The van der Waals surface area contributed by atoms with E-state index in [9.17, 15) is 0 Å². The highest BCUT2D eigenvalue weighted by Crippen LogP contribution is 2.22. The minimum absolute atomic E-state index is 0.516. The van der Waals surface area contributed by atoms with E-state index in [1.165, 1.54) is 5.69 Å². The van der Waals surface area contributed by atoms with E-state index >= 15 is 0 Å². The topological polar surface area (TPSA) is 56.7 Å². The Labute approximate surface area is 95.1 Å². The molecule has 0 aromatic carbocycles. The first-order chi connectivity index (χ1) is 7.76. The number of nitrogens with two attached hydrogens (primary N) is 1. The maximum Gasteiger partial charge on any atom is 0.0571 e. The van der Waals surface area contributed by atoms with Gasteiger partial charge in [-0.25, -0.2) is 0 Å². The maximum atomic E-state index is 5.61. The summed E-state index contributed by atoms with van der Waals surface area (Å²) in [4.78, 5) is 4.19. The molecule has 0 aliphatic rings. The van der Waals surface area contributed by atoms with E-state index in [1.807, 2.05) is 17.1 Å². The highest BCUT2D eigenvalue weighted by molar-refractivity contribution is 5.64. The molecule has 0 amide bonds. The molecule has 16 heavy (non-hydrogen) atoms. The molecule has 2 N–H and O–H groups in total. The Kier molecular flexibility index (Phi) is 3.01. The van der Waals surface area contributed by atoms with Gasteiger partial charge in [-0.1, -0.05) is 0 Å². The van der Waals surface area contributed by atoms with Crippen molar-refractivity contribution in [1.82, 2.24) is 14.8 Å². The molecule has 4 nitrogen and oxygen atoms in total. The van der Waals surface area contributed by atoms with Crippen molar-refractivity contribution in [2.24, 2.45) is 5.73 Å². The summed E-state index contributed by atoms with van der Waals surface area (Å²) in [6, 6.07) is 2.07. The number of hydrogen-bond acceptors (Lipinski definition) is 3.